The molecule has 3 fully saturated rings. The molecule has 2 heterocycles. The van der Waals surface area contributed by atoms with Crippen molar-refractivity contribution >= 4 is 17.7 Å². The van der Waals surface area contributed by atoms with Gasteiger partial charge in [-0.2, -0.15) is 11.8 Å². The summed E-state index contributed by atoms with van der Waals surface area (Å²) in [6.45, 7) is 0.845. The van der Waals surface area contributed by atoms with E-state index < -0.39 is 5.97 Å². The normalized spacial score (nSPS) is 37.0. The number of hydrogen-bond acceptors (Lipinski definition) is 3. The Balaban J connectivity index is 1.72. The molecule has 3 atom stereocenters. The minimum absolute atomic E-state index is 0.0868. The lowest BCUT2D eigenvalue weighted by atomic mass is 9.70. The number of hydrogen-bond donors (Lipinski definition) is 1. The Labute approximate surface area is 132 Å². The third kappa shape index (κ3) is 3.58. The van der Waals surface area contributed by atoms with Crippen molar-refractivity contribution in [3.63, 3.8) is 0 Å². The summed E-state index contributed by atoms with van der Waals surface area (Å²) >= 11 is 2.03. The van der Waals surface area contributed by atoms with Gasteiger partial charge in [0.15, 0.2) is 0 Å². The number of carboxylic acids is 1. The fourth-order valence-electron chi connectivity index (χ4n) is 4.73. The van der Waals surface area contributed by atoms with Gasteiger partial charge in [0.1, 0.15) is 0 Å². The molecular weight excluding hydrogens is 284 g/mol. The van der Waals surface area contributed by atoms with Crippen LogP contribution in [0.4, 0.5) is 0 Å². The van der Waals surface area contributed by atoms with Crippen molar-refractivity contribution < 1.29 is 14.6 Å². The second kappa shape index (κ2) is 6.91. The minimum atomic E-state index is -0.554. The summed E-state index contributed by atoms with van der Waals surface area (Å²) in [6.07, 6.45) is 10.0. The summed E-state index contributed by atoms with van der Waals surface area (Å²) in [5, 5.41) is 9.63. The topological polar surface area (TPSA) is 46.5 Å². The standard InChI is InChI=1S/C17H28O3S/c18-16(19)15-5-3-1-2-4-14(15)13-6-9-20-17(12-13)7-10-21-11-8-17/h13-15H,1-12H2,(H,18,19). The number of rotatable bonds is 2. The Hall–Kier alpha value is -0.220. The molecule has 2 aliphatic heterocycles. The molecule has 0 bridgehead atoms. The Kier molecular flexibility index (Phi) is 5.15. The van der Waals surface area contributed by atoms with E-state index in [1.165, 1.54) is 37.2 Å². The number of thioether (sulfide) groups is 1. The summed E-state index contributed by atoms with van der Waals surface area (Å²) in [7, 11) is 0. The lowest BCUT2D eigenvalue weighted by molar-refractivity contribution is -0.149. The third-order valence-corrected chi connectivity index (χ3v) is 6.91. The summed E-state index contributed by atoms with van der Waals surface area (Å²) in [5.41, 5.74) is 0.0868. The van der Waals surface area contributed by atoms with Crippen LogP contribution in [0.5, 0.6) is 0 Å². The fraction of sp³-hybridized carbons (Fsp3) is 0.941. The summed E-state index contributed by atoms with van der Waals surface area (Å²) in [5.74, 6) is 2.72. The fourth-order valence-corrected chi connectivity index (χ4v) is 5.97. The van der Waals surface area contributed by atoms with E-state index in [-0.39, 0.29) is 11.5 Å². The molecule has 0 radical (unpaired) electrons. The van der Waals surface area contributed by atoms with Crippen LogP contribution in [0.2, 0.25) is 0 Å². The van der Waals surface area contributed by atoms with Crippen LogP contribution < -0.4 is 0 Å². The van der Waals surface area contributed by atoms with Gasteiger partial charge in [0, 0.05) is 6.61 Å². The lowest BCUT2D eigenvalue weighted by Crippen LogP contribution is -2.45. The SMILES string of the molecule is O=C(O)C1CCCCCC1C1CCOC2(CCSCC2)C1. The van der Waals surface area contributed by atoms with Gasteiger partial charge in [-0.05, 0) is 61.9 Å². The maximum absolute atomic E-state index is 11.7. The van der Waals surface area contributed by atoms with Crippen LogP contribution in [-0.2, 0) is 9.53 Å². The first-order chi connectivity index (χ1) is 10.2. The van der Waals surface area contributed by atoms with Crippen LogP contribution >= 0.6 is 11.8 Å². The predicted molar refractivity (Wildman–Crippen MR) is 85.7 cm³/mol. The number of aliphatic carboxylic acids is 1. The smallest absolute Gasteiger partial charge is 0.306 e. The molecule has 1 spiro atoms. The number of carbonyl (C=O) groups is 1. The average molecular weight is 312 g/mol. The molecule has 1 N–H and O–H groups in total. The van der Waals surface area contributed by atoms with Crippen LogP contribution in [0.25, 0.3) is 0 Å². The van der Waals surface area contributed by atoms with Gasteiger partial charge in [-0.3, -0.25) is 4.79 Å². The quantitative estimate of drug-likeness (QED) is 0.784. The third-order valence-electron chi connectivity index (χ3n) is 5.93. The van der Waals surface area contributed by atoms with Gasteiger partial charge in [-0.15, -0.1) is 0 Å². The molecule has 1 saturated carbocycles. The van der Waals surface area contributed by atoms with E-state index >= 15 is 0 Å². The zero-order chi connectivity index (χ0) is 14.7. The van der Waals surface area contributed by atoms with E-state index in [9.17, 15) is 9.90 Å². The highest BCUT2D eigenvalue weighted by Crippen LogP contribution is 2.46. The van der Waals surface area contributed by atoms with E-state index in [1.807, 2.05) is 11.8 Å². The van der Waals surface area contributed by atoms with Gasteiger partial charge in [0.05, 0.1) is 11.5 Å². The van der Waals surface area contributed by atoms with E-state index in [1.54, 1.807) is 0 Å². The van der Waals surface area contributed by atoms with Crippen LogP contribution in [0.15, 0.2) is 0 Å². The van der Waals surface area contributed by atoms with Crippen molar-refractivity contribution in [3.05, 3.63) is 0 Å². The molecule has 3 unspecified atom stereocenters. The van der Waals surface area contributed by atoms with Crippen molar-refractivity contribution in [1.82, 2.24) is 0 Å². The second-order valence-electron chi connectivity index (χ2n) is 7.14. The first kappa shape index (κ1) is 15.7. The molecule has 2 saturated heterocycles. The average Bonchev–Trinajstić information content (AvgIpc) is 2.74. The Bertz CT molecular complexity index is 360. The van der Waals surface area contributed by atoms with Crippen molar-refractivity contribution in [1.29, 1.82) is 0 Å². The van der Waals surface area contributed by atoms with E-state index in [4.69, 9.17) is 4.74 Å². The highest BCUT2D eigenvalue weighted by molar-refractivity contribution is 7.99. The molecule has 0 aromatic rings. The van der Waals surface area contributed by atoms with Crippen molar-refractivity contribution in [2.75, 3.05) is 18.1 Å². The summed E-state index contributed by atoms with van der Waals surface area (Å²) in [6, 6.07) is 0. The minimum Gasteiger partial charge on any atom is -0.481 e. The molecule has 4 heteroatoms. The molecule has 3 nitrogen and oxygen atoms in total. The van der Waals surface area contributed by atoms with Crippen LogP contribution in [0.3, 0.4) is 0 Å². The highest BCUT2D eigenvalue weighted by atomic mass is 32.2. The zero-order valence-corrected chi connectivity index (χ0v) is 13.7. The Morgan fingerprint density at radius 3 is 2.62 bits per heavy atom. The summed E-state index contributed by atoms with van der Waals surface area (Å²) < 4.78 is 6.19. The van der Waals surface area contributed by atoms with Gasteiger partial charge in [0.25, 0.3) is 0 Å². The molecule has 0 aromatic carbocycles. The largest absolute Gasteiger partial charge is 0.481 e. The Morgan fingerprint density at radius 1 is 1.10 bits per heavy atom. The van der Waals surface area contributed by atoms with Crippen LogP contribution in [-0.4, -0.2) is 34.8 Å². The molecule has 21 heavy (non-hydrogen) atoms. The van der Waals surface area contributed by atoms with Gasteiger partial charge in [0.2, 0.25) is 0 Å². The van der Waals surface area contributed by atoms with Crippen molar-refractivity contribution in [2.45, 2.75) is 63.4 Å². The molecule has 120 valence electrons. The van der Waals surface area contributed by atoms with E-state index in [0.717, 1.165) is 38.7 Å². The number of carboxylic acid groups (broad SMARTS) is 1. The van der Waals surface area contributed by atoms with Crippen LogP contribution in [0.1, 0.15) is 57.8 Å². The molecule has 3 rings (SSSR count). The lowest BCUT2D eigenvalue weighted by Gasteiger charge is -2.46. The molecule has 1 aliphatic carbocycles. The zero-order valence-electron chi connectivity index (χ0n) is 12.9. The maximum Gasteiger partial charge on any atom is 0.306 e. The van der Waals surface area contributed by atoms with Gasteiger partial charge >= 0.3 is 5.97 Å². The molecule has 0 aromatic heterocycles. The van der Waals surface area contributed by atoms with Gasteiger partial charge < -0.3 is 9.84 Å². The van der Waals surface area contributed by atoms with Crippen LogP contribution in [0, 0.1) is 17.8 Å². The van der Waals surface area contributed by atoms with Gasteiger partial charge in [-0.1, -0.05) is 19.3 Å². The number of ether oxygens (including phenoxy) is 1. The first-order valence-electron chi connectivity index (χ1n) is 8.65. The van der Waals surface area contributed by atoms with Gasteiger partial charge in [-0.25, -0.2) is 0 Å². The predicted octanol–water partition coefficient (Wildman–Crippen LogP) is 3.96. The van der Waals surface area contributed by atoms with Crippen molar-refractivity contribution in [2.24, 2.45) is 17.8 Å². The monoisotopic (exact) mass is 312 g/mol. The molecule has 0 amide bonds. The first-order valence-corrected chi connectivity index (χ1v) is 9.80. The maximum atomic E-state index is 11.7. The van der Waals surface area contributed by atoms with Crippen molar-refractivity contribution in [3.8, 4) is 0 Å². The highest BCUT2D eigenvalue weighted by Gasteiger charge is 2.44. The van der Waals surface area contributed by atoms with E-state index in [2.05, 4.69) is 0 Å². The molecular formula is C17H28O3S. The second-order valence-corrected chi connectivity index (χ2v) is 8.37. The summed E-state index contributed by atoms with van der Waals surface area (Å²) in [4.78, 5) is 11.7. The Morgan fingerprint density at radius 2 is 1.86 bits per heavy atom. The van der Waals surface area contributed by atoms with E-state index in [0.29, 0.717) is 11.8 Å². The molecule has 3 aliphatic rings.